The summed E-state index contributed by atoms with van der Waals surface area (Å²) in [6, 6.07) is 15.8. The van der Waals surface area contributed by atoms with Crippen LogP contribution < -0.4 is 10.6 Å². The number of nitrogens with one attached hydrogen (secondary N) is 2. The molecule has 5 heteroatoms. The zero-order chi connectivity index (χ0) is 17.5. The molecule has 1 aliphatic rings. The number of carbonyl (C=O) groups is 1. The Labute approximate surface area is 148 Å². The average Bonchev–Trinajstić information content (AvgIpc) is 2.67. The number of amides is 1. The van der Waals surface area contributed by atoms with Crippen molar-refractivity contribution in [1.29, 1.82) is 5.26 Å². The molecular formula is C20H22N4O. The molecule has 0 radical (unpaired) electrons. The molecule has 1 aromatic heterocycles. The number of carbonyl (C=O) groups excluding carboxylic acids is 1. The molecule has 1 aliphatic carbocycles. The Hall–Kier alpha value is -2.87. The summed E-state index contributed by atoms with van der Waals surface area (Å²) in [7, 11) is 0. The van der Waals surface area contributed by atoms with E-state index in [1.165, 1.54) is 0 Å². The molecule has 0 bridgehead atoms. The van der Waals surface area contributed by atoms with E-state index in [-0.39, 0.29) is 11.8 Å². The number of nitrogens with zero attached hydrogens (tertiary/aromatic N) is 2. The Morgan fingerprint density at radius 3 is 2.96 bits per heavy atom. The van der Waals surface area contributed by atoms with Crippen molar-refractivity contribution in [2.75, 3.05) is 5.32 Å². The molecule has 3 rings (SSSR count). The summed E-state index contributed by atoms with van der Waals surface area (Å²) in [5, 5.41) is 15.5. The van der Waals surface area contributed by atoms with Crippen LogP contribution in [0, 0.1) is 17.2 Å². The maximum Gasteiger partial charge on any atom is 0.251 e. The van der Waals surface area contributed by atoms with Crippen LogP contribution in [-0.4, -0.2) is 16.9 Å². The second-order valence-electron chi connectivity index (χ2n) is 6.42. The van der Waals surface area contributed by atoms with E-state index in [1.54, 1.807) is 12.3 Å². The minimum atomic E-state index is -0.118. The zero-order valence-corrected chi connectivity index (χ0v) is 14.1. The lowest BCUT2D eigenvalue weighted by molar-refractivity contribution is 0.0950. The number of rotatable bonds is 5. The Balaban J connectivity index is 1.59. The highest BCUT2D eigenvalue weighted by Gasteiger charge is 2.21. The van der Waals surface area contributed by atoms with Gasteiger partial charge in [-0.2, -0.15) is 5.26 Å². The van der Waals surface area contributed by atoms with Crippen molar-refractivity contribution < 1.29 is 4.79 Å². The van der Waals surface area contributed by atoms with Crippen molar-refractivity contribution >= 4 is 11.6 Å². The standard InChI is InChI=1S/C20H22N4O/c21-13-15-5-3-8-17(11-15)24-18-9-4-6-16(12-18)20(25)23-14-19-7-1-2-10-22-19/h1-2,4,6-7,9-10,12,15,17,24H,3,5,8,11,14H2,(H,23,25)/t15-,17-/m1/s1. The maximum atomic E-state index is 12.4. The van der Waals surface area contributed by atoms with Gasteiger partial charge < -0.3 is 10.6 Å². The van der Waals surface area contributed by atoms with Crippen LogP contribution in [-0.2, 0) is 6.54 Å². The Morgan fingerprint density at radius 1 is 1.24 bits per heavy atom. The number of pyridine rings is 1. The van der Waals surface area contributed by atoms with Crippen molar-refractivity contribution in [2.45, 2.75) is 38.3 Å². The van der Waals surface area contributed by atoms with Crippen molar-refractivity contribution in [3.63, 3.8) is 0 Å². The first kappa shape index (κ1) is 17.0. The molecule has 1 aromatic carbocycles. The first-order valence-electron chi connectivity index (χ1n) is 8.69. The van der Waals surface area contributed by atoms with Crippen LogP contribution in [0.25, 0.3) is 0 Å². The highest BCUT2D eigenvalue weighted by Crippen LogP contribution is 2.26. The number of aromatic nitrogens is 1. The topological polar surface area (TPSA) is 77.8 Å². The van der Waals surface area contributed by atoms with Gasteiger partial charge in [0, 0.05) is 29.4 Å². The summed E-state index contributed by atoms with van der Waals surface area (Å²) in [6.45, 7) is 0.407. The lowest BCUT2D eigenvalue weighted by Gasteiger charge is -2.27. The van der Waals surface area contributed by atoms with Crippen molar-refractivity contribution in [3.8, 4) is 6.07 Å². The van der Waals surface area contributed by atoms with Crippen molar-refractivity contribution in [3.05, 3.63) is 59.9 Å². The number of nitriles is 1. The summed E-state index contributed by atoms with van der Waals surface area (Å²) >= 11 is 0. The molecule has 0 aliphatic heterocycles. The third kappa shape index (κ3) is 4.80. The normalized spacial score (nSPS) is 19.6. The first-order chi connectivity index (χ1) is 12.2. The number of hydrogen-bond donors (Lipinski definition) is 2. The van der Waals surface area contributed by atoms with Gasteiger partial charge in [0.2, 0.25) is 0 Å². The quantitative estimate of drug-likeness (QED) is 0.877. The predicted octanol–water partition coefficient (Wildman–Crippen LogP) is 3.51. The molecule has 1 fully saturated rings. The number of benzene rings is 1. The predicted molar refractivity (Wildman–Crippen MR) is 96.8 cm³/mol. The van der Waals surface area contributed by atoms with Gasteiger partial charge in [-0.15, -0.1) is 0 Å². The molecule has 0 unspecified atom stereocenters. The van der Waals surface area contributed by atoms with Gasteiger partial charge >= 0.3 is 0 Å². The highest BCUT2D eigenvalue weighted by molar-refractivity contribution is 5.95. The zero-order valence-electron chi connectivity index (χ0n) is 14.1. The minimum absolute atomic E-state index is 0.118. The summed E-state index contributed by atoms with van der Waals surface area (Å²) < 4.78 is 0. The van der Waals surface area contributed by atoms with E-state index >= 15 is 0 Å². The SMILES string of the molecule is N#C[C@@H]1CCC[C@@H](Nc2cccc(C(=O)NCc3ccccn3)c2)C1. The third-order valence-corrected chi connectivity index (χ3v) is 4.51. The van der Waals surface area contributed by atoms with Crippen LogP contribution in [0.15, 0.2) is 48.7 Å². The summed E-state index contributed by atoms with van der Waals surface area (Å²) in [5.74, 6) is 0.0175. The average molecular weight is 334 g/mol. The minimum Gasteiger partial charge on any atom is -0.382 e. The van der Waals surface area contributed by atoms with E-state index in [2.05, 4.69) is 21.7 Å². The fourth-order valence-electron chi connectivity index (χ4n) is 3.20. The molecular weight excluding hydrogens is 312 g/mol. The van der Waals surface area contributed by atoms with E-state index in [4.69, 9.17) is 5.26 Å². The van der Waals surface area contributed by atoms with Crippen LogP contribution in [0.2, 0.25) is 0 Å². The maximum absolute atomic E-state index is 12.4. The van der Waals surface area contributed by atoms with Crippen molar-refractivity contribution in [2.24, 2.45) is 5.92 Å². The summed E-state index contributed by atoms with van der Waals surface area (Å²) in [6.07, 6.45) is 5.70. The largest absolute Gasteiger partial charge is 0.382 e. The second-order valence-corrected chi connectivity index (χ2v) is 6.42. The molecule has 5 nitrogen and oxygen atoms in total. The van der Waals surface area contributed by atoms with Crippen LogP contribution in [0.5, 0.6) is 0 Å². The third-order valence-electron chi connectivity index (χ3n) is 4.51. The van der Waals surface area contributed by atoms with Gasteiger partial charge in [-0.25, -0.2) is 0 Å². The van der Waals surface area contributed by atoms with Crippen molar-refractivity contribution in [1.82, 2.24) is 10.3 Å². The molecule has 1 amide bonds. The Bertz CT molecular complexity index is 754. The monoisotopic (exact) mass is 334 g/mol. The van der Waals surface area contributed by atoms with Gasteiger partial charge in [0.05, 0.1) is 18.3 Å². The Kier molecular flexibility index (Phi) is 5.63. The fourth-order valence-corrected chi connectivity index (χ4v) is 3.20. The fraction of sp³-hybridized carbons (Fsp3) is 0.350. The van der Waals surface area contributed by atoms with Gasteiger partial charge in [0.1, 0.15) is 0 Å². The van der Waals surface area contributed by atoms with E-state index < -0.39 is 0 Å². The molecule has 0 saturated heterocycles. The number of hydrogen-bond acceptors (Lipinski definition) is 4. The molecule has 1 heterocycles. The van der Waals surface area contributed by atoms with Crippen LogP contribution in [0.4, 0.5) is 5.69 Å². The van der Waals surface area contributed by atoms with Crippen LogP contribution in [0.1, 0.15) is 41.7 Å². The first-order valence-corrected chi connectivity index (χ1v) is 8.69. The Morgan fingerprint density at radius 2 is 2.16 bits per heavy atom. The smallest absolute Gasteiger partial charge is 0.251 e. The molecule has 2 aromatic rings. The van der Waals surface area contributed by atoms with Gasteiger partial charge in [0.25, 0.3) is 5.91 Å². The molecule has 25 heavy (non-hydrogen) atoms. The molecule has 2 atom stereocenters. The van der Waals surface area contributed by atoms with E-state index in [0.29, 0.717) is 18.2 Å². The van der Waals surface area contributed by atoms with E-state index in [0.717, 1.165) is 37.1 Å². The summed E-state index contributed by atoms with van der Waals surface area (Å²) in [4.78, 5) is 16.6. The van der Waals surface area contributed by atoms with Gasteiger partial charge in [-0.1, -0.05) is 18.6 Å². The van der Waals surface area contributed by atoms with E-state index in [1.807, 2.05) is 36.4 Å². The van der Waals surface area contributed by atoms with E-state index in [9.17, 15) is 4.79 Å². The summed E-state index contributed by atoms with van der Waals surface area (Å²) in [5.41, 5.74) is 2.37. The van der Waals surface area contributed by atoms with Crippen LogP contribution >= 0.6 is 0 Å². The van der Waals surface area contributed by atoms with Gasteiger partial charge in [-0.3, -0.25) is 9.78 Å². The number of anilines is 1. The van der Waals surface area contributed by atoms with Gasteiger partial charge in [-0.05, 0) is 49.6 Å². The second kappa shape index (κ2) is 8.29. The lowest BCUT2D eigenvalue weighted by Crippen LogP contribution is -2.27. The molecule has 2 N–H and O–H groups in total. The molecule has 0 spiro atoms. The van der Waals surface area contributed by atoms with Crippen LogP contribution in [0.3, 0.4) is 0 Å². The van der Waals surface area contributed by atoms with Gasteiger partial charge in [0.15, 0.2) is 0 Å². The molecule has 1 saturated carbocycles. The lowest BCUT2D eigenvalue weighted by atomic mass is 9.86. The highest BCUT2D eigenvalue weighted by atomic mass is 16.1. The molecule has 128 valence electrons.